The highest BCUT2D eigenvalue weighted by Crippen LogP contribution is 2.26. The third-order valence-corrected chi connectivity index (χ3v) is 4.92. The molecule has 0 aliphatic carbocycles. The van der Waals surface area contributed by atoms with Crippen molar-refractivity contribution in [2.75, 3.05) is 13.2 Å². The number of ether oxygens (including phenoxy) is 2. The van der Waals surface area contributed by atoms with Crippen molar-refractivity contribution in [3.63, 3.8) is 0 Å². The molecule has 2 N–H and O–H groups in total. The number of benzene rings is 1. The lowest BCUT2D eigenvalue weighted by Gasteiger charge is -2.26. The van der Waals surface area contributed by atoms with Crippen LogP contribution in [0.5, 0.6) is 0 Å². The van der Waals surface area contributed by atoms with Crippen LogP contribution in [0.1, 0.15) is 24.2 Å². The largest absolute Gasteiger partial charge is 0.463 e. The summed E-state index contributed by atoms with van der Waals surface area (Å²) < 4.78 is 16.0. The maximum absolute atomic E-state index is 13.0. The number of rotatable bonds is 6. The van der Waals surface area contributed by atoms with Crippen molar-refractivity contribution >= 4 is 28.9 Å². The topological polar surface area (TPSA) is 120 Å². The molecule has 9 nitrogen and oxygen atoms in total. The molecule has 0 bridgehead atoms. The van der Waals surface area contributed by atoms with Crippen LogP contribution in [0, 0.1) is 0 Å². The molecule has 1 atom stereocenters. The van der Waals surface area contributed by atoms with Crippen LogP contribution < -0.4 is 10.6 Å². The van der Waals surface area contributed by atoms with Crippen LogP contribution in [0.3, 0.4) is 0 Å². The summed E-state index contributed by atoms with van der Waals surface area (Å²) in [7, 11) is 0. The third kappa shape index (κ3) is 4.18. The molecule has 2 amide bonds. The Morgan fingerprint density at radius 3 is 2.69 bits per heavy atom. The molecule has 0 radical (unpaired) electrons. The Morgan fingerprint density at radius 1 is 1.12 bits per heavy atom. The van der Waals surface area contributed by atoms with Gasteiger partial charge in [0.05, 0.1) is 41.3 Å². The molecule has 0 unspecified atom stereocenters. The number of para-hydroxylation sites is 1. The Balaban J connectivity index is 1.66. The number of nitrogens with one attached hydrogen (secondary N) is 2. The second kappa shape index (κ2) is 8.93. The van der Waals surface area contributed by atoms with Crippen molar-refractivity contribution < 1.29 is 28.3 Å². The van der Waals surface area contributed by atoms with Crippen molar-refractivity contribution in [2.45, 2.75) is 19.9 Å². The van der Waals surface area contributed by atoms with Gasteiger partial charge in [0.25, 0.3) is 0 Å². The van der Waals surface area contributed by atoms with Gasteiger partial charge in [-0.05, 0) is 38.1 Å². The van der Waals surface area contributed by atoms with Gasteiger partial charge < -0.3 is 24.5 Å². The summed E-state index contributed by atoms with van der Waals surface area (Å²) in [6.07, 6.45) is 1.52. The number of carbonyl (C=O) groups excluding carboxylic acids is 3. The number of hydrogen-bond donors (Lipinski definition) is 2. The number of pyridine rings is 1. The normalized spacial score (nSPS) is 15.8. The van der Waals surface area contributed by atoms with E-state index in [4.69, 9.17) is 13.9 Å². The Hall–Kier alpha value is -4.14. The van der Waals surface area contributed by atoms with E-state index in [0.29, 0.717) is 22.4 Å². The van der Waals surface area contributed by atoms with Gasteiger partial charge in [-0.25, -0.2) is 19.4 Å². The molecule has 3 aromatic rings. The van der Waals surface area contributed by atoms with Crippen LogP contribution in [-0.2, 0) is 14.3 Å². The monoisotopic (exact) mass is 435 g/mol. The molecule has 1 aliphatic rings. The van der Waals surface area contributed by atoms with Gasteiger partial charge in [-0.15, -0.1) is 0 Å². The number of carbonyl (C=O) groups is 3. The van der Waals surface area contributed by atoms with Crippen LogP contribution in [0.2, 0.25) is 0 Å². The molecule has 4 rings (SSSR count). The number of amides is 2. The Morgan fingerprint density at radius 2 is 1.94 bits per heavy atom. The summed E-state index contributed by atoms with van der Waals surface area (Å²) in [5, 5.41) is 5.74. The fraction of sp³-hybridized carbons (Fsp3) is 0.217. The minimum Gasteiger partial charge on any atom is -0.463 e. The number of nitrogens with zero attached hydrogens (tertiary/aromatic N) is 1. The summed E-state index contributed by atoms with van der Waals surface area (Å²) in [6, 6.07) is 11.1. The molecule has 2 aromatic heterocycles. The van der Waals surface area contributed by atoms with Gasteiger partial charge in [-0.2, -0.15) is 0 Å². The molecule has 1 aromatic carbocycles. The minimum atomic E-state index is -0.632. The lowest BCUT2D eigenvalue weighted by molar-refractivity contribution is -0.139. The van der Waals surface area contributed by atoms with E-state index in [1.807, 2.05) is 6.07 Å². The average molecular weight is 435 g/mol. The fourth-order valence-electron chi connectivity index (χ4n) is 3.50. The first kappa shape index (κ1) is 21.1. The minimum absolute atomic E-state index is 0.175. The number of aromatic nitrogens is 1. The van der Waals surface area contributed by atoms with Crippen LogP contribution >= 0.6 is 0 Å². The SMILES string of the molecule is CCOC(=O)C1=C(COC(=O)c2cc(-c3ccco3)nc3ccccc23)NC(=O)N[C@@H]1C. The zero-order chi connectivity index (χ0) is 22.7. The van der Waals surface area contributed by atoms with Crippen molar-refractivity contribution in [1.82, 2.24) is 15.6 Å². The molecule has 1 aliphatic heterocycles. The van der Waals surface area contributed by atoms with Crippen molar-refractivity contribution in [3.05, 3.63) is 65.6 Å². The molecule has 164 valence electrons. The summed E-state index contributed by atoms with van der Waals surface area (Å²) >= 11 is 0. The molecule has 0 spiro atoms. The van der Waals surface area contributed by atoms with Crippen molar-refractivity contribution in [1.29, 1.82) is 0 Å². The second-order valence-corrected chi connectivity index (χ2v) is 7.06. The Kier molecular flexibility index (Phi) is 5.89. The van der Waals surface area contributed by atoms with E-state index in [0.717, 1.165) is 0 Å². The van der Waals surface area contributed by atoms with Gasteiger partial charge in [0.15, 0.2) is 5.76 Å². The maximum Gasteiger partial charge on any atom is 0.339 e. The second-order valence-electron chi connectivity index (χ2n) is 7.06. The molecular formula is C23H21N3O6. The van der Waals surface area contributed by atoms with Crippen LogP contribution in [0.15, 0.2) is 64.4 Å². The smallest absolute Gasteiger partial charge is 0.339 e. The first-order valence-corrected chi connectivity index (χ1v) is 10.1. The molecule has 3 heterocycles. The van der Waals surface area contributed by atoms with E-state index < -0.39 is 24.0 Å². The van der Waals surface area contributed by atoms with Crippen LogP contribution in [0.25, 0.3) is 22.4 Å². The number of esters is 2. The van der Waals surface area contributed by atoms with E-state index >= 15 is 0 Å². The third-order valence-electron chi connectivity index (χ3n) is 4.92. The molecule has 32 heavy (non-hydrogen) atoms. The standard InChI is InChI=1S/C23H21N3O6/c1-3-30-22(28)20-13(2)24-23(29)26-18(20)12-32-21(27)15-11-17(19-9-6-10-31-19)25-16-8-5-4-7-14(15)16/h4-11,13H,3,12H2,1-2H3,(H2,24,26,29)/t13-/m1/s1. The van der Waals surface area contributed by atoms with E-state index in [2.05, 4.69) is 15.6 Å². The molecular weight excluding hydrogens is 414 g/mol. The predicted molar refractivity (Wildman–Crippen MR) is 115 cm³/mol. The fourth-order valence-corrected chi connectivity index (χ4v) is 3.50. The molecule has 0 saturated heterocycles. The summed E-state index contributed by atoms with van der Waals surface area (Å²) in [6.45, 7) is 3.20. The first-order valence-electron chi connectivity index (χ1n) is 10.1. The van der Waals surface area contributed by atoms with Gasteiger partial charge in [0, 0.05) is 5.39 Å². The summed E-state index contributed by atoms with van der Waals surface area (Å²) in [5.41, 5.74) is 1.75. The number of fused-ring (bicyclic) bond motifs is 1. The Bertz CT molecular complexity index is 1220. The van der Waals surface area contributed by atoms with Gasteiger partial charge in [0.2, 0.25) is 0 Å². The molecule has 9 heteroatoms. The highest BCUT2D eigenvalue weighted by atomic mass is 16.5. The Labute approximate surface area is 183 Å². The average Bonchev–Trinajstić information content (AvgIpc) is 3.31. The first-order chi connectivity index (χ1) is 15.5. The van der Waals surface area contributed by atoms with Crippen molar-refractivity contribution in [3.8, 4) is 11.5 Å². The van der Waals surface area contributed by atoms with E-state index in [9.17, 15) is 14.4 Å². The quantitative estimate of drug-likeness (QED) is 0.571. The zero-order valence-corrected chi connectivity index (χ0v) is 17.5. The zero-order valence-electron chi connectivity index (χ0n) is 17.5. The number of hydrogen-bond acceptors (Lipinski definition) is 7. The maximum atomic E-state index is 13.0. The lowest BCUT2D eigenvalue weighted by atomic mass is 10.0. The lowest BCUT2D eigenvalue weighted by Crippen LogP contribution is -2.50. The van der Waals surface area contributed by atoms with Gasteiger partial charge in [-0.1, -0.05) is 18.2 Å². The highest BCUT2D eigenvalue weighted by molar-refractivity contribution is 6.04. The summed E-state index contributed by atoms with van der Waals surface area (Å²) in [5.74, 6) is -0.711. The predicted octanol–water partition coefficient (Wildman–Crippen LogP) is 3.17. The van der Waals surface area contributed by atoms with Gasteiger partial charge in [-0.3, -0.25) is 0 Å². The highest BCUT2D eigenvalue weighted by Gasteiger charge is 2.30. The van der Waals surface area contributed by atoms with Gasteiger partial charge in [0.1, 0.15) is 12.3 Å². The summed E-state index contributed by atoms with van der Waals surface area (Å²) in [4.78, 5) is 41.9. The number of urea groups is 1. The van der Waals surface area contributed by atoms with E-state index in [1.54, 1.807) is 50.2 Å². The van der Waals surface area contributed by atoms with Crippen molar-refractivity contribution in [2.24, 2.45) is 0 Å². The molecule has 0 fully saturated rings. The van der Waals surface area contributed by atoms with E-state index in [1.165, 1.54) is 6.26 Å². The van der Waals surface area contributed by atoms with Crippen LogP contribution in [-0.4, -0.2) is 42.2 Å². The molecule has 0 saturated carbocycles. The van der Waals surface area contributed by atoms with Crippen LogP contribution in [0.4, 0.5) is 4.79 Å². The van der Waals surface area contributed by atoms with E-state index in [-0.39, 0.29) is 30.0 Å². The number of furan rings is 1. The van der Waals surface area contributed by atoms with Gasteiger partial charge >= 0.3 is 18.0 Å².